The van der Waals surface area contributed by atoms with Gasteiger partial charge in [-0.1, -0.05) is 5.16 Å². The smallest absolute Gasteiger partial charge is 0.255 e. The Labute approximate surface area is 69.9 Å². The summed E-state index contributed by atoms with van der Waals surface area (Å²) in [5.74, 6) is 1.11. The fourth-order valence-corrected chi connectivity index (χ4v) is 1.25. The third kappa shape index (κ3) is 1.33. The van der Waals surface area contributed by atoms with E-state index in [-0.39, 0.29) is 6.10 Å². The van der Waals surface area contributed by atoms with Gasteiger partial charge in [-0.15, -0.1) is 0 Å². The van der Waals surface area contributed by atoms with E-state index in [1.807, 2.05) is 0 Å². The second-order valence-electron chi connectivity index (χ2n) is 2.75. The Morgan fingerprint density at radius 3 is 3.08 bits per heavy atom. The summed E-state index contributed by atoms with van der Waals surface area (Å²) in [6, 6.07) is 0. The van der Waals surface area contributed by atoms with Gasteiger partial charge in [0.1, 0.15) is 6.10 Å². The first-order valence-electron chi connectivity index (χ1n) is 4.04. The summed E-state index contributed by atoms with van der Waals surface area (Å²) >= 11 is 0. The Balaban J connectivity index is 2.11. The zero-order chi connectivity index (χ0) is 8.39. The van der Waals surface area contributed by atoms with Crippen LogP contribution in [0.2, 0.25) is 0 Å². The molecule has 0 radical (unpaired) electrons. The number of hydrogen-bond acceptors (Lipinski definition) is 5. The van der Waals surface area contributed by atoms with Crippen LogP contribution in [0.5, 0.6) is 0 Å². The Morgan fingerprint density at radius 2 is 2.50 bits per heavy atom. The molecule has 2 rings (SSSR count). The van der Waals surface area contributed by atoms with Crippen LogP contribution in [0.1, 0.15) is 30.7 Å². The number of hydrogen-bond donors (Lipinski definition) is 1. The highest BCUT2D eigenvalue weighted by molar-refractivity contribution is 4.91. The van der Waals surface area contributed by atoms with Crippen LogP contribution in [0, 0.1) is 0 Å². The normalized spacial score (nSPS) is 23.2. The molecule has 2 N–H and O–H groups in total. The number of ether oxygens (including phenoxy) is 1. The van der Waals surface area contributed by atoms with Gasteiger partial charge < -0.3 is 15.0 Å². The van der Waals surface area contributed by atoms with Gasteiger partial charge >= 0.3 is 0 Å². The van der Waals surface area contributed by atoms with Gasteiger partial charge in [0.25, 0.3) is 5.89 Å². The van der Waals surface area contributed by atoms with E-state index < -0.39 is 0 Å². The van der Waals surface area contributed by atoms with E-state index in [9.17, 15) is 0 Å². The van der Waals surface area contributed by atoms with E-state index in [0.29, 0.717) is 18.3 Å². The van der Waals surface area contributed by atoms with Crippen molar-refractivity contribution in [3.05, 3.63) is 11.7 Å². The van der Waals surface area contributed by atoms with E-state index in [4.69, 9.17) is 15.0 Å². The van der Waals surface area contributed by atoms with Gasteiger partial charge in [0.15, 0.2) is 5.82 Å². The molecule has 0 amide bonds. The fourth-order valence-electron chi connectivity index (χ4n) is 1.25. The zero-order valence-corrected chi connectivity index (χ0v) is 6.69. The summed E-state index contributed by atoms with van der Waals surface area (Å²) in [6.45, 7) is 1.10. The van der Waals surface area contributed by atoms with Gasteiger partial charge in [0.05, 0.1) is 6.54 Å². The van der Waals surface area contributed by atoms with E-state index in [1.54, 1.807) is 0 Å². The van der Waals surface area contributed by atoms with Crippen LogP contribution < -0.4 is 5.73 Å². The van der Waals surface area contributed by atoms with Crippen molar-refractivity contribution >= 4 is 0 Å². The summed E-state index contributed by atoms with van der Waals surface area (Å²) in [5, 5.41) is 3.69. The van der Waals surface area contributed by atoms with E-state index >= 15 is 0 Å². The minimum absolute atomic E-state index is 0.00204. The molecule has 1 aliphatic heterocycles. The van der Waals surface area contributed by atoms with Crippen LogP contribution in [-0.4, -0.2) is 16.7 Å². The summed E-state index contributed by atoms with van der Waals surface area (Å²) in [4.78, 5) is 4.08. The molecule has 12 heavy (non-hydrogen) atoms. The van der Waals surface area contributed by atoms with Crippen molar-refractivity contribution in [1.82, 2.24) is 10.1 Å². The maximum Gasteiger partial charge on any atom is 0.255 e. The Hall–Kier alpha value is -0.940. The van der Waals surface area contributed by atoms with Gasteiger partial charge in [-0.25, -0.2) is 0 Å². The van der Waals surface area contributed by atoms with Crippen LogP contribution in [-0.2, 0) is 11.3 Å². The summed E-state index contributed by atoms with van der Waals surface area (Å²) in [7, 11) is 0. The minimum atomic E-state index is -0.00204. The fraction of sp³-hybridized carbons (Fsp3) is 0.714. The van der Waals surface area contributed by atoms with Crippen molar-refractivity contribution in [2.75, 3.05) is 6.61 Å². The Morgan fingerprint density at radius 1 is 1.58 bits per heavy atom. The molecule has 66 valence electrons. The number of rotatable bonds is 2. The van der Waals surface area contributed by atoms with Crippen LogP contribution in [0.4, 0.5) is 0 Å². The maximum absolute atomic E-state index is 5.36. The average Bonchev–Trinajstić information content (AvgIpc) is 2.75. The molecular weight excluding hydrogens is 158 g/mol. The number of aromatic nitrogens is 2. The second kappa shape index (κ2) is 3.20. The monoisotopic (exact) mass is 169 g/mol. The molecule has 1 atom stereocenters. The summed E-state index contributed by atoms with van der Waals surface area (Å²) < 4.78 is 10.3. The van der Waals surface area contributed by atoms with Crippen LogP contribution >= 0.6 is 0 Å². The molecule has 1 aliphatic rings. The Kier molecular flexibility index (Phi) is 2.05. The Bertz CT molecular complexity index is 255. The molecule has 5 nitrogen and oxygen atoms in total. The first-order valence-corrected chi connectivity index (χ1v) is 4.04. The lowest BCUT2D eigenvalue weighted by atomic mass is 10.2. The van der Waals surface area contributed by atoms with Crippen LogP contribution in [0.15, 0.2) is 4.52 Å². The first-order chi connectivity index (χ1) is 5.90. The molecule has 1 unspecified atom stereocenters. The third-order valence-corrected chi connectivity index (χ3v) is 1.87. The molecule has 1 aromatic rings. The van der Waals surface area contributed by atoms with Crippen molar-refractivity contribution in [3.63, 3.8) is 0 Å². The molecule has 1 saturated heterocycles. The van der Waals surface area contributed by atoms with Gasteiger partial charge in [-0.2, -0.15) is 4.98 Å². The molecule has 0 spiro atoms. The molecule has 0 bridgehead atoms. The maximum atomic E-state index is 5.36. The molecule has 0 aliphatic carbocycles. The third-order valence-electron chi connectivity index (χ3n) is 1.87. The largest absolute Gasteiger partial charge is 0.368 e. The predicted molar refractivity (Wildman–Crippen MR) is 40.1 cm³/mol. The van der Waals surface area contributed by atoms with Crippen molar-refractivity contribution in [3.8, 4) is 0 Å². The molecule has 2 heterocycles. The quantitative estimate of drug-likeness (QED) is 0.692. The van der Waals surface area contributed by atoms with E-state index in [2.05, 4.69) is 10.1 Å². The molecule has 1 aromatic heterocycles. The van der Waals surface area contributed by atoms with Crippen molar-refractivity contribution in [1.29, 1.82) is 0 Å². The lowest BCUT2D eigenvalue weighted by Crippen LogP contribution is -2.00. The molecule has 1 fully saturated rings. The van der Waals surface area contributed by atoms with Crippen LogP contribution in [0.3, 0.4) is 0 Å². The van der Waals surface area contributed by atoms with E-state index in [1.165, 1.54) is 0 Å². The molecule has 0 saturated carbocycles. The lowest BCUT2D eigenvalue weighted by molar-refractivity contribution is 0.0835. The highest BCUT2D eigenvalue weighted by atomic mass is 16.5. The highest BCUT2D eigenvalue weighted by Crippen LogP contribution is 2.26. The minimum Gasteiger partial charge on any atom is -0.368 e. The van der Waals surface area contributed by atoms with Crippen molar-refractivity contribution < 1.29 is 9.26 Å². The molecular formula is C7H11N3O2. The highest BCUT2D eigenvalue weighted by Gasteiger charge is 2.23. The second-order valence-corrected chi connectivity index (χ2v) is 2.75. The van der Waals surface area contributed by atoms with Gasteiger partial charge in [0.2, 0.25) is 0 Å². The lowest BCUT2D eigenvalue weighted by Gasteiger charge is -2.00. The zero-order valence-electron chi connectivity index (χ0n) is 6.69. The van der Waals surface area contributed by atoms with Crippen LogP contribution in [0.25, 0.3) is 0 Å². The molecule has 5 heteroatoms. The van der Waals surface area contributed by atoms with Crippen molar-refractivity contribution in [2.45, 2.75) is 25.5 Å². The number of nitrogens with two attached hydrogens (primary N) is 1. The average molecular weight is 169 g/mol. The summed E-state index contributed by atoms with van der Waals surface area (Å²) in [5.41, 5.74) is 5.34. The standard InChI is InChI=1S/C7H11N3O2/c8-4-6-9-7(12-10-6)5-2-1-3-11-5/h5H,1-4,8H2. The van der Waals surface area contributed by atoms with Gasteiger partial charge in [0, 0.05) is 6.61 Å². The first kappa shape index (κ1) is 7.70. The SMILES string of the molecule is NCc1noc(C2CCCO2)n1. The number of nitrogens with zero attached hydrogens (tertiary/aromatic N) is 2. The topological polar surface area (TPSA) is 74.2 Å². The van der Waals surface area contributed by atoms with Gasteiger partial charge in [-0.3, -0.25) is 0 Å². The summed E-state index contributed by atoms with van der Waals surface area (Å²) in [6.07, 6.45) is 2.02. The van der Waals surface area contributed by atoms with Gasteiger partial charge in [-0.05, 0) is 12.8 Å². The molecule has 0 aromatic carbocycles. The predicted octanol–water partition coefficient (Wildman–Crippen LogP) is 0.380. The van der Waals surface area contributed by atoms with E-state index in [0.717, 1.165) is 19.4 Å². The van der Waals surface area contributed by atoms with Crippen molar-refractivity contribution in [2.24, 2.45) is 5.73 Å².